The third kappa shape index (κ3) is 2.86. The maximum absolute atomic E-state index is 2.19. The summed E-state index contributed by atoms with van der Waals surface area (Å²) < 4.78 is 2.76. The third-order valence-electron chi connectivity index (χ3n) is 2.28. The van der Waals surface area contributed by atoms with Crippen LogP contribution in [0.2, 0.25) is 0 Å². The molecule has 0 atom stereocenters. The lowest BCUT2D eigenvalue weighted by Crippen LogP contribution is -1.62. The average Bonchev–Trinajstić information content (AvgIpc) is 2.82. The first-order chi connectivity index (χ1) is 8.45. The van der Waals surface area contributed by atoms with Crippen LogP contribution in [0.4, 0.5) is 0 Å². The van der Waals surface area contributed by atoms with E-state index in [1.165, 1.54) is 20.2 Å². The Labute approximate surface area is 108 Å². The number of fused-ring (bicyclic) bond motifs is 3. The van der Waals surface area contributed by atoms with Crippen LogP contribution < -0.4 is 0 Å². The third-order valence-corrected chi connectivity index (χ3v) is 3.44. The van der Waals surface area contributed by atoms with Crippen molar-refractivity contribution in [1.82, 2.24) is 0 Å². The molecule has 0 saturated heterocycles. The molecule has 0 nitrogen and oxygen atoms in total. The summed E-state index contributed by atoms with van der Waals surface area (Å²) >= 11 is 1.86. The van der Waals surface area contributed by atoms with Gasteiger partial charge in [-0.05, 0) is 12.1 Å². The number of thiophene rings is 1. The van der Waals surface area contributed by atoms with Crippen molar-refractivity contribution in [3.05, 3.63) is 48.5 Å². The number of hydrogen-bond acceptors (Lipinski definition) is 1. The van der Waals surface area contributed by atoms with Gasteiger partial charge in [-0.1, -0.05) is 64.1 Å². The van der Waals surface area contributed by atoms with Gasteiger partial charge in [0.2, 0.25) is 0 Å². The van der Waals surface area contributed by atoms with E-state index in [1.54, 1.807) is 0 Å². The summed E-state index contributed by atoms with van der Waals surface area (Å²) in [5.41, 5.74) is 0. The highest BCUT2D eigenvalue weighted by Crippen LogP contribution is 2.32. The molecule has 17 heavy (non-hydrogen) atoms. The summed E-state index contributed by atoms with van der Waals surface area (Å²) in [4.78, 5) is 0. The van der Waals surface area contributed by atoms with E-state index < -0.39 is 0 Å². The van der Waals surface area contributed by atoms with E-state index in [-0.39, 0.29) is 0 Å². The summed E-state index contributed by atoms with van der Waals surface area (Å²) in [6, 6.07) is 17.1. The zero-order valence-corrected chi connectivity index (χ0v) is 11.8. The zero-order chi connectivity index (χ0) is 12.7. The maximum Gasteiger partial charge on any atom is 0.0355 e. The molecule has 1 heterocycles. The fourth-order valence-electron chi connectivity index (χ4n) is 1.67. The summed E-state index contributed by atoms with van der Waals surface area (Å²) in [5.74, 6) is 0. The average molecular weight is 244 g/mol. The van der Waals surface area contributed by atoms with E-state index in [4.69, 9.17) is 0 Å². The molecule has 3 rings (SSSR count). The lowest BCUT2D eigenvalue weighted by molar-refractivity contribution is 1.50. The van der Waals surface area contributed by atoms with Crippen molar-refractivity contribution < 1.29 is 0 Å². The van der Waals surface area contributed by atoms with Gasteiger partial charge in [0.25, 0.3) is 0 Å². The molecule has 0 amide bonds. The first-order valence-corrected chi connectivity index (χ1v) is 7.13. The van der Waals surface area contributed by atoms with Gasteiger partial charge in [0.1, 0.15) is 0 Å². The predicted molar refractivity (Wildman–Crippen MR) is 82.0 cm³/mol. The van der Waals surface area contributed by atoms with E-state index in [0.29, 0.717) is 0 Å². The second-order valence-corrected chi connectivity index (χ2v) is 4.18. The molecule has 0 bridgehead atoms. The van der Waals surface area contributed by atoms with E-state index in [1.807, 2.05) is 39.0 Å². The molecule has 0 aliphatic heterocycles. The van der Waals surface area contributed by atoms with Crippen LogP contribution in [0, 0.1) is 0 Å². The van der Waals surface area contributed by atoms with Crippen molar-refractivity contribution in [2.24, 2.45) is 0 Å². The molecule has 0 spiro atoms. The van der Waals surface area contributed by atoms with Crippen LogP contribution in [0.25, 0.3) is 20.2 Å². The van der Waals surface area contributed by atoms with Gasteiger partial charge < -0.3 is 0 Å². The van der Waals surface area contributed by atoms with Crippen LogP contribution in [0.3, 0.4) is 0 Å². The fourth-order valence-corrected chi connectivity index (χ4v) is 2.78. The lowest BCUT2D eigenvalue weighted by Gasteiger charge is -1.88. The van der Waals surface area contributed by atoms with Gasteiger partial charge >= 0.3 is 0 Å². The molecular weight excluding hydrogens is 224 g/mol. The van der Waals surface area contributed by atoms with E-state index >= 15 is 0 Å². The summed E-state index contributed by atoms with van der Waals surface area (Å²) in [7, 11) is 0. The molecule has 90 valence electrons. The number of rotatable bonds is 0. The highest BCUT2D eigenvalue weighted by Gasteiger charge is 2.01. The highest BCUT2D eigenvalue weighted by molar-refractivity contribution is 7.25. The number of hydrogen-bond donors (Lipinski definition) is 0. The Morgan fingerprint density at radius 1 is 0.588 bits per heavy atom. The van der Waals surface area contributed by atoms with Crippen LogP contribution in [0.5, 0.6) is 0 Å². The molecule has 2 aromatic carbocycles. The Balaban J connectivity index is 0.000000330. The lowest BCUT2D eigenvalue weighted by atomic mass is 10.2. The second kappa shape index (κ2) is 7.08. The van der Waals surface area contributed by atoms with Crippen molar-refractivity contribution in [2.45, 2.75) is 27.7 Å². The van der Waals surface area contributed by atoms with Gasteiger partial charge in [-0.3, -0.25) is 0 Å². The summed E-state index contributed by atoms with van der Waals surface area (Å²) in [6.07, 6.45) is 0. The molecule has 0 N–H and O–H groups in total. The minimum Gasteiger partial charge on any atom is -0.135 e. The zero-order valence-electron chi connectivity index (χ0n) is 11.0. The number of benzene rings is 2. The normalized spacial score (nSPS) is 9.18. The Bertz CT molecular complexity index is 513. The molecular formula is C16H20S. The van der Waals surface area contributed by atoms with Crippen LogP contribution >= 0.6 is 11.3 Å². The molecule has 1 heteroatoms. The molecule has 0 fully saturated rings. The van der Waals surface area contributed by atoms with Gasteiger partial charge in [0, 0.05) is 20.2 Å². The van der Waals surface area contributed by atoms with Gasteiger partial charge in [-0.25, -0.2) is 0 Å². The largest absolute Gasteiger partial charge is 0.135 e. The SMILES string of the molecule is CC.CC.c1ccc2c(c1)sc1ccccc12. The second-order valence-electron chi connectivity index (χ2n) is 3.09. The molecule has 0 aliphatic carbocycles. The quantitative estimate of drug-likeness (QED) is 0.447. The van der Waals surface area contributed by atoms with Crippen molar-refractivity contribution in [1.29, 1.82) is 0 Å². The Morgan fingerprint density at radius 2 is 0.941 bits per heavy atom. The Kier molecular flexibility index (Phi) is 5.71. The van der Waals surface area contributed by atoms with E-state index in [9.17, 15) is 0 Å². The van der Waals surface area contributed by atoms with Crippen LogP contribution in [-0.2, 0) is 0 Å². The molecule has 0 unspecified atom stereocenters. The van der Waals surface area contributed by atoms with E-state index in [0.717, 1.165) is 0 Å². The molecule has 0 saturated carbocycles. The van der Waals surface area contributed by atoms with Crippen LogP contribution in [0.1, 0.15) is 27.7 Å². The standard InChI is InChI=1S/C12H8S.2C2H6/c1-3-7-11-9(5-1)10-6-2-4-8-12(10)13-11;2*1-2/h1-8H;2*1-2H3. The first kappa shape index (κ1) is 13.7. The topological polar surface area (TPSA) is 0 Å². The Morgan fingerprint density at radius 3 is 1.35 bits per heavy atom. The van der Waals surface area contributed by atoms with Gasteiger partial charge in [-0.2, -0.15) is 0 Å². The first-order valence-electron chi connectivity index (χ1n) is 6.31. The monoisotopic (exact) mass is 244 g/mol. The summed E-state index contributed by atoms with van der Waals surface area (Å²) in [6.45, 7) is 8.00. The van der Waals surface area contributed by atoms with Crippen LogP contribution in [-0.4, -0.2) is 0 Å². The Hall–Kier alpha value is -1.34. The van der Waals surface area contributed by atoms with Crippen molar-refractivity contribution >= 4 is 31.5 Å². The molecule has 1 aromatic heterocycles. The fraction of sp³-hybridized carbons (Fsp3) is 0.250. The van der Waals surface area contributed by atoms with Gasteiger partial charge in [-0.15, -0.1) is 11.3 Å². The smallest absolute Gasteiger partial charge is 0.0355 e. The van der Waals surface area contributed by atoms with Crippen molar-refractivity contribution in [2.75, 3.05) is 0 Å². The van der Waals surface area contributed by atoms with Crippen molar-refractivity contribution in [3.8, 4) is 0 Å². The summed E-state index contributed by atoms with van der Waals surface area (Å²) in [5, 5.41) is 2.76. The van der Waals surface area contributed by atoms with Crippen LogP contribution in [0.15, 0.2) is 48.5 Å². The maximum atomic E-state index is 2.19. The van der Waals surface area contributed by atoms with Gasteiger partial charge in [0.15, 0.2) is 0 Å². The van der Waals surface area contributed by atoms with Crippen molar-refractivity contribution in [3.63, 3.8) is 0 Å². The van der Waals surface area contributed by atoms with Gasteiger partial charge in [0.05, 0.1) is 0 Å². The van der Waals surface area contributed by atoms with E-state index in [2.05, 4.69) is 48.5 Å². The molecule has 3 aromatic rings. The minimum absolute atomic E-state index is 1.38. The predicted octanol–water partition coefficient (Wildman–Crippen LogP) is 6.11. The molecule has 0 aliphatic rings. The highest BCUT2D eigenvalue weighted by atomic mass is 32.1. The molecule has 0 radical (unpaired) electrons. The minimum atomic E-state index is 1.38.